The van der Waals surface area contributed by atoms with Crippen molar-refractivity contribution < 1.29 is 9.90 Å². The van der Waals surface area contributed by atoms with Gasteiger partial charge in [0.05, 0.1) is 5.56 Å². The van der Waals surface area contributed by atoms with Gasteiger partial charge in [-0.15, -0.1) is 0 Å². The maximum absolute atomic E-state index is 10.7. The second-order valence-corrected chi connectivity index (χ2v) is 5.42. The molecule has 2 atom stereocenters. The van der Waals surface area contributed by atoms with Crippen molar-refractivity contribution in [2.75, 3.05) is 11.6 Å². The number of hydrogen-bond acceptors (Lipinski definition) is 3. The number of carbonyl (C=O) groups is 1. The third-order valence-corrected chi connectivity index (χ3v) is 4.41. The molecule has 0 amide bonds. The summed E-state index contributed by atoms with van der Waals surface area (Å²) < 4.78 is 0. The molecule has 0 aliphatic heterocycles. The molecule has 1 saturated carbocycles. The number of nitrogens with one attached hydrogen (secondary N) is 1. The van der Waals surface area contributed by atoms with Crippen molar-refractivity contribution >= 4 is 23.4 Å². The Balaban J connectivity index is 2.01. The minimum absolute atomic E-state index is 0.336. The minimum atomic E-state index is -0.876. The Labute approximate surface area is 106 Å². The Kier molecular flexibility index (Phi) is 3.94. The monoisotopic (exact) mass is 251 g/mol. The fourth-order valence-electron chi connectivity index (χ4n) is 2.30. The zero-order chi connectivity index (χ0) is 12.3. The number of rotatable bonds is 4. The maximum atomic E-state index is 10.7. The third kappa shape index (κ3) is 2.94. The first-order chi connectivity index (χ1) is 8.20. The standard InChI is InChI=1S/C13H17NO2S/c1-17-12-4-2-3-11(12)14-10-7-5-9(6-8-10)13(15)16/h5-8,11-12,14H,2-4H2,1H3,(H,15,16). The molecule has 0 aromatic heterocycles. The number of thioether (sulfide) groups is 1. The van der Waals surface area contributed by atoms with Gasteiger partial charge < -0.3 is 10.4 Å². The van der Waals surface area contributed by atoms with E-state index in [1.165, 1.54) is 19.3 Å². The molecule has 17 heavy (non-hydrogen) atoms. The summed E-state index contributed by atoms with van der Waals surface area (Å²) in [6.07, 6.45) is 5.90. The van der Waals surface area contributed by atoms with Crippen LogP contribution in [0.3, 0.4) is 0 Å². The normalized spacial score (nSPS) is 23.6. The Morgan fingerprint density at radius 1 is 1.35 bits per heavy atom. The summed E-state index contributed by atoms with van der Waals surface area (Å²) in [6, 6.07) is 7.50. The summed E-state index contributed by atoms with van der Waals surface area (Å²) in [5.74, 6) is -0.876. The van der Waals surface area contributed by atoms with E-state index in [1.807, 2.05) is 23.9 Å². The average molecular weight is 251 g/mol. The summed E-state index contributed by atoms with van der Waals surface area (Å²) in [7, 11) is 0. The van der Waals surface area contributed by atoms with E-state index in [2.05, 4.69) is 11.6 Å². The van der Waals surface area contributed by atoms with Crippen LogP contribution >= 0.6 is 11.8 Å². The molecule has 0 radical (unpaired) electrons. The van der Waals surface area contributed by atoms with Crippen LogP contribution in [0.4, 0.5) is 5.69 Å². The van der Waals surface area contributed by atoms with Gasteiger partial charge >= 0.3 is 5.97 Å². The summed E-state index contributed by atoms with van der Waals surface area (Å²) in [5.41, 5.74) is 1.35. The molecule has 0 saturated heterocycles. The van der Waals surface area contributed by atoms with E-state index in [0.717, 1.165) is 5.69 Å². The van der Waals surface area contributed by atoms with E-state index < -0.39 is 5.97 Å². The predicted molar refractivity (Wildman–Crippen MR) is 72.0 cm³/mol. The summed E-state index contributed by atoms with van der Waals surface area (Å²) in [5, 5.41) is 13.0. The first kappa shape index (κ1) is 12.3. The van der Waals surface area contributed by atoms with Crippen LogP contribution < -0.4 is 5.32 Å². The molecule has 1 fully saturated rings. The lowest BCUT2D eigenvalue weighted by atomic mass is 10.2. The lowest BCUT2D eigenvalue weighted by Crippen LogP contribution is -2.25. The first-order valence-electron chi connectivity index (χ1n) is 5.83. The third-order valence-electron chi connectivity index (χ3n) is 3.24. The van der Waals surface area contributed by atoms with Crippen LogP contribution in [-0.4, -0.2) is 28.6 Å². The van der Waals surface area contributed by atoms with Crippen LogP contribution in [0, 0.1) is 0 Å². The van der Waals surface area contributed by atoms with Crippen molar-refractivity contribution in [3.63, 3.8) is 0 Å². The van der Waals surface area contributed by atoms with Gasteiger partial charge in [0, 0.05) is 17.0 Å². The van der Waals surface area contributed by atoms with Gasteiger partial charge in [0.15, 0.2) is 0 Å². The van der Waals surface area contributed by atoms with Gasteiger partial charge in [-0.25, -0.2) is 4.79 Å². The van der Waals surface area contributed by atoms with Gasteiger partial charge in [0.1, 0.15) is 0 Å². The first-order valence-corrected chi connectivity index (χ1v) is 7.12. The van der Waals surface area contributed by atoms with E-state index >= 15 is 0 Å². The predicted octanol–water partition coefficient (Wildman–Crippen LogP) is 3.08. The molecule has 2 unspecified atom stereocenters. The highest BCUT2D eigenvalue weighted by molar-refractivity contribution is 7.99. The van der Waals surface area contributed by atoms with Gasteiger partial charge in [0.25, 0.3) is 0 Å². The molecule has 1 aromatic carbocycles. The van der Waals surface area contributed by atoms with Gasteiger partial charge in [0.2, 0.25) is 0 Å². The Bertz CT molecular complexity index is 391. The van der Waals surface area contributed by atoms with Crippen LogP contribution in [0.1, 0.15) is 29.6 Å². The molecule has 2 N–H and O–H groups in total. The fourth-order valence-corrected chi connectivity index (χ4v) is 3.23. The zero-order valence-corrected chi connectivity index (χ0v) is 10.7. The molecule has 1 aromatic rings. The summed E-state index contributed by atoms with van der Waals surface area (Å²) in [6.45, 7) is 0. The Morgan fingerprint density at radius 2 is 2.06 bits per heavy atom. The highest BCUT2D eigenvalue weighted by Crippen LogP contribution is 2.30. The van der Waals surface area contributed by atoms with Crippen molar-refractivity contribution in [2.45, 2.75) is 30.6 Å². The van der Waals surface area contributed by atoms with E-state index in [0.29, 0.717) is 16.9 Å². The van der Waals surface area contributed by atoms with Crippen LogP contribution in [-0.2, 0) is 0 Å². The van der Waals surface area contributed by atoms with E-state index in [4.69, 9.17) is 5.11 Å². The largest absolute Gasteiger partial charge is 0.478 e. The van der Waals surface area contributed by atoms with Crippen LogP contribution in [0.25, 0.3) is 0 Å². The second-order valence-electron chi connectivity index (χ2n) is 4.34. The van der Waals surface area contributed by atoms with E-state index in [9.17, 15) is 4.79 Å². The summed E-state index contributed by atoms with van der Waals surface area (Å²) >= 11 is 1.91. The molecule has 0 spiro atoms. The van der Waals surface area contributed by atoms with Gasteiger partial charge in [-0.2, -0.15) is 11.8 Å². The van der Waals surface area contributed by atoms with Crippen molar-refractivity contribution in [2.24, 2.45) is 0 Å². The van der Waals surface area contributed by atoms with Crippen LogP contribution in [0.5, 0.6) is 0 Å². The molecule has 92 valence electrons. The van der Waals surface area contributed by atoms with Gasteiger partial charge in [-0.05, 0) is 43.4 Å². The lowest BCUT2D eigenvalue weighted by Gasteiger charge is -2.20. The molecular weight excluding hydrogens is 234 g/mol. The SMILES string of the molecule is CSC1CCCC1Nc1ccc(C(=O)O)cc1. The Hall–Kier alpha value is -1.16. The van der Waals surface area contributed by atoms with Crippen LogP contribution in [0.15, 0.2) is 24.3 Å². The molecular formula is C13H17NO2S. The molecule has 2 rings (SSSR count). The smallest absolute Gasteiger partial charge is 0.335 e. The molecule has 1 aliphatic rings. The molecule has 0 heterocycles. The lowest BCUT2D eigenvalue weighted by molar-refractivity contribution is 0.0697. The number of carboxylic acids is 1. The number of aromatic carboxylic acids is 1. The fraction of sp³-hybridized carbons (Fsp3) is 0.462. The maximum Gasteiger partial charge on any atom is 0.335 e. The molecule has 0 bridgehead atoms. The number of hydrogen-bond donors (Lipinski definition) is 2. The van der Waals surface area contributed by atoms with E-state index in [1.54, 1.807) is 12.1 Å². The zero-order valence-electron chi connectivity index (χ0n) is 9.85. The summed E-state index contributed by atoms with van der Waals surface area (Å²) in [4.78, 5) is 10.7. The number of benzene rings is 1. The van der Waals surface area contributed by atoms with Crippen molar-refractivity contribution in [3.05, 3.63) is 29.8 Å². The quantitative estimate of drug-likeness (QED) is 0.863. The topological polar surface area (TPSA) is 49.3 Å². The highest BCUT2D eigenvalue weighted by Gasteiger charge is 2.26. The Morgan fingerprint density at radius 3 is 2.65 bits per heavy atom. The minimum Gasteiger partial charge on any atom is -0.478 e. The van der Waals surface area contributed by atoms with Gasteiger partial charge in [-0.1, -0.05) is 6.42 Å². The average Bonchev–Trinajstić information content (AvgIpc) is 2.77. The second kappa shape index (κ2) is 5.45. The number of anilines is 1. The van der Waals surface area contributed by atoms with E-state index in [-0.39, 0.29) is 0 Å². The molecule has 3 nitrogen and oxygen atoms in total. The molecule has 1 aliphatic carbocycles. The van der Waals surface area contributed by atoms with Crippen molar-refractivity contribution in [1.29, 1.82) is 0 Å². The van der Waals surface area contributed by atoms with Crippen molar-refractivity contribution in [1.82, 2.24) is 0 Å². The van der Waals surface area contributed by atoms with Crippen LogP contribution in [0.2, 0.25) is 0 Å². The highest BCUT2D eigenvalue weighted by atomic mass is 32.2. The number of carboxylic acid groups (broad SMARTS) is 1. The van der Waals surface area contributed by atoms with Gasteiger partial charge in [-0.3, -0.25) is 0 Å². The van der Waals surface area contributed by atoms with Crippen molar-refractivity contribution in [3.8, 4) is 0 Å². The molecule has 4 heteroatoms.